The molecule has 0 spiro atoms. The Hall–Kier alpha value is -0.920. The number of hydrogen-bond acceptors (Lipinski definition) is 2. The van der Waals surface area contributed by atoms with Gasteiger partial charge in [0, 0.05) is 37.8 Å². The maximum absolute atomic E-state index is 14.2. The maximum Gasteiger partial charge on any atom is 0.200 e. The summed E-state index contributed by atoms with van der Waals surface area (Å²) in [5, 5.41) is 3.12. The summed E-state index contributed by atoms with van der Waals surface area (Å²) in [6, 6.07) is -0.832. The smallest absolute Gasteiger partial charge is 0.200 e. The van der Waals surface area contributed by atoms with E-state index in [4.69, 9.17) is 0 Å². The third-order valence-electron chi connectivity index (χ3n) is 4.37. The highest BCUT2D eigenvalue weighted by atomic mass is 35.5. The number of benzene rings is 1. The van der Waals surface area contributed by atoms with Gasteiger partial charge in [-0.25, -0.2) is 22.0 Å². The summed E-state index contributed by atoms with van der Waals surface area (Å²) in [6.07, 6.45) is 1.40. The fraction of sp³-hybridized carbons (Fsp3) is 0.625. The van der Waals surface area contributed by atoms with Crippen molar-refractivity contribution >= 4 is 12.4 Å². The van der Waals surface area contributed by atoms with Gasteiger partial charge in [0.15, 0.2) is 23.3 Å². The van der Waals surface area contributed by atoms with Crippen LogP contribution < -0.4 is 5.32 Å². The molecule has 138 valence electrons. The fourth-order valence-electron chi connectivity index (χ4n) is 3.28. The highest BCUT2D eigenvalue weighted by molar-refractivity contribution is 5.85. The minimum atomic E-state index is -2.11. The molecule has 1 aromatic carbocycles. The van der Waals surface area contributed by atoms with Crippen molar-refractivity contribution < 1.29 is 22.0 Å². The second-order valence-corrected chi connectivity index (χ2v) is 5.98. The number of rotatable bonds is 5. The van der Waals surface area contributed by atoms with Crippen molar-refractivity contribution in [1.82, 2.24) is 10.2 Å². The average Bonchev–Trinajstić information content (AvgIpc) is 2.56. The molecule has 2 atom stereocenters. The molecule has 0 amide bonds. The molecular weight excluding hydrogens is 351 g/mol. The van der Waals surface area contributed by atoms with Crippen molar-refractivity contribution in [3.63, 3.8) is 0 Å². The molecular formula is C16H22ClF5N2. The predicted octanol–water partition coefficient (Wildman–Crippen LogP) is 4.19. The molecule has 0 radical (unpaired) electrons. The van der Waals surface area contributed by atoms with Crippen LogP contribution in [0.3, 0.4) is 0 Å². The molecule has 1 aliphatic rings. The van der Waals surface area contributed by atoms with Crippen LogP contribution in [0, 0.1) is 35.0 Å². The van der Waals surface area contributed by atoms with Crippen molar-refractivity contribution in [1.29, 1.82) is 0 Å². The van der Waals surface area contributed by atoms with E-state index >= 15 is 0 Å². The Bertz CT molecular complexity index is 535. The molecule has 1 unspecified atom stereocenters. The van der Waals surface area contributed by atoms with Gasteiger partial charge in [-0.3, -0.25) is 4.90 Å². The molecule has 0 aromatic heterocycles. The van der Waals surface area contributed by atoms with Gasteiger partial charge in [-0.15, -0.1) is 12.4 Å². The topological polar surface area (TPSA) is 15.3 Å². The summed E-state index contributed by atoms with van der Waals surface area (Å²) in [4.78, 5) is 1.80. The van der Waals surface area contributed by atoms with E-state index in [1.165, 1.54) is 0 Å². The lowest BCUT2D eigenvalue weighted by Gasteiger charge is -2.39. The average molecular weight is 373 g/mol. The van der Waals surface area contributed by atoms with Gasteiger partial charge >= 0.3 is 0 Å². The molecule has 1 heterocycles. The molecule has 24 heavy (non-hydrogen) atoms. The Morgan fingerprint density at radius 1 is 0.917 bits per heavy atom. The first kappa shape index (κ1) is 21.1. The van der Waals surface area contributed by atoms with E-state index < -0.39 is 40.7 Å². The van der Waals surface area contributed by atoms with Gasteiger partial charge in [-0.05, 0) is 12.3 Å². The van der Waals surface area contributed by atoms with Gasteiger partial charge < -0.3 is 5.32 Å². The van der Waals surface area contributed by atoms with E-state index in [-0.39, 0.29) is 18.3 Å². The standard InChI is InChI=1S/C16H21F5N2.ClH/c1-3-4-9(2)16(23-7-5-22-6-8-23)10-11(17)13(19)15(21)14(20)12(10)18;/h9,16,22H,3-8H2,1-2H3;1H/t9?,16-;/m0./s1. The first-order valence-electron chi connectivity index (χ1n) is 7.86. The summed E-state index contributed by atoms with van der Waals surface area (Å²) in [5.41, 5.74) is -0.704. The van der Waals surface area contributed by atoms with Gasteiger partial charge in [-0.2, -0.15) is 0 Å². The molecule has 0 aliphatic carbocycles. The zero-order valence-corrected chi connectivity index (χ0v) is 14.5. The van der Waals surface area contributed by atoms with Crippen LogP contribution in [0.4, 0.5) is 22.0 Å². The quantitative estimate of drug-likeness (QED) is 0.474. The number of nitrogens with zero attached hydrogens (tertiary/aromatic N) is 1. The number of piperazine rings is 1. The van der Waals surface area contributed by atoms with Crippen molar-refractivity contribution in [2.24, 2.45) is 5.92 Å². The molecule has 0 bridgehead atoms. The molecule has 1 aliphatic heterocycles. The summed E-state index contributed by atoms with van der Waals surface area (Å²) >= 11 is 0. The summed E-state index contributed by atoms with van der Waals surface area (Å²) in [5.74, 6) is -9.51. The fourth-order valence-corrected chi connectivity index (χ4v) is 3.28. The van der Waals surface area contributed by atoms with Crippen molar-refractivity contribution in [3.8, 4) is 0 Å². The van der Waals surface area contributed by atoms with Gasteiger partial charge in [-0.1, -0.05) is 20.3 Å². The second kappa shape index (κ2) is 8.97. The van der Waals surface area contributed by atoms with Crippen molar-refractivity contribution in [2.75, 3.05) is 26.2 Å². The number of hydrogen-bond donors (Lipinski definition) is 1. The molecule has 2 rings (SSSR count). The molecule has 1 N–H and O–H groups in total. The van der Waals surface area contributed by atoms with E-state index in [1.807, 2.05) is 6.92 Å². The van der Waals surface area contributed by atoms with Gasteiger partial charge in [0.2, 0.25) is 5.82 Å². The summed E-state index contributed by atoms with van der Waals surface area (Å²) in [6.45, 7) is 5.93. The molecule has 2 nitrogen and oxygen atoms in total. The van der Waals surface area contributed by atoms with E-state index in [2.05, 4.69) is 5.32 Å². The predicted molar refractivity (Wildman–Crippen MR) is 84.7 cm³/mol. The normalized spacial score (nSPS) is 18.1. The van der Waals surface area contributed by atoms with Crippen LogP contribution in [-0.4, -0.2) is 31.1 Å². The lowest BCUT2D eigenvalue weighted by molar-refractivity contribution is 0.117. The lowest BCUT2D eigenvalue weighted by Crippen LogP contribution is -2.47. The van der Waals surface area contributed by atoms with Crippen LogP contribution >= 0.6 is 12.4 Å². The monoisotopic (exact) mass is 372 g/mol. The minimum Gasteiger partial charge on any atom is -0.314 e. The van der Waals surface area contributed by atoms with Crippen molar-refractivity contribution in [3.05, 3.63) is 34.6 Å². The third kappa shape index (κ3) is 4.00. The van der Waals surface area contributed by atoms with Gasteiger partial charge in [0.05, 0.1) is 0 Å². The van der Waals surface area contributed by atoms with Crippen LogP contribution in [0.2, 0.25) is 0 Å². The van der Waals surface area contributed by atoms with E-state index in [0.717, 1.165) is 6.42 Å². The summed E-state index contributed by atoms with van der Waals surface area (Å²) in [7, 11) is 0. The first-order valence-corrected chi connectivity index (χ1v) is 7.86. The molecule has 1 aromatic rings. The SMILES string of the molecule is CCCC(C)[C@@H](c1c(F)c(F)c(F)c(F)c1F)N1CCNCC1.Cl. The molecule has 1 fully saturated rings. The number of nitrogens with one attached hydrogen (secondary N) is 1. The largest absolute Gasteiger partial charge is 0.314 e. The van der Waals surface area contributed by atoms with Crippen LogP contribution in [-0.2, 0) is 0 Å². The Balaban J connectivity index is 0.00000288. The lowest BCUT2D eigenvalue weighted by atomic mass is 9.88. The first-order chi connectivity index (χ1) is 10.9. The third-order valence-corrected chi connectivity index (χ3v) is 4.37. The van der Waals surface area contributed by atoms with Gasteiger partial charge in [0.1, 0.15) is 0 Å². The second-order valence-electron chi connectivity index (χ2n) is 5.98. The molecule has 0 saturated carbocycles. The van der Waals surface area contributed by atoms with Crippen molar-refractivity contribution in [2.45, 2.75) is 32.7 Å². The highest BCUT2D eigenvalue weighted by Crippen LogP contribution is 2.37. The van der Waals surface area contributed by atoms with Crippen LogP contribution in [0.15, 0.2) is 0 Å². The molecule has 1 saturated heterocycles. The highest BCUT2D eigenvalue weighted by Gasteiger charge is 2.36. The number of halogens is 6. The Morgan fingerprint density at radius 3 is 1.83 bits per heavy atom. The van der Waals surface area contributed by atoms with Gasteiger partial charge in [0.25, 0.3) is 0 Å². The molecule has 8 heteroatoms. The Morgan fingerprint density at radius 2 is 1.38 bits per heavy atom. The minimum absolute atomic E-state index is 0. The van der Waals surface area contributed by atoms with E-state index in [0.29, 0.717) is 32.6 Å². The van der Waals surface area contributed by atoms with Crippen LogP contribution in [0.5, 0.6) is 0 Å². The zero-order valence-electron chi connectivity index (χ0n) is 13.6. The van der Waals surface area contributed by atoms with E-state index in [1.54, 1.807) is 11.8 Å². The Labute approximate surface area is 144 Å². The Kier molecular flexibility index (Phi) is 7.89. The van der Waals surface area contributed by atoms with Crippen LogP contribution in [0.1, 0.15) is 38.3 Å². The zero-order chi connectivity index (χ0) is 17.1. The summed E-state index contributed by atoms with van der Waals surface area (Å²) < 4.78 is 69.0. The van der Waals surface area contributed by atoms with Crippen LogP contribution in [0.25, 0.3) is 0 Å². The van der Waals surface area contributed by atoms with E-state index in [9.17, 15) is 22.0 Å². The maximum atomic E-state index is 14.2.